The molecule has 1 atom stereocenters. The Labute approximate surface area is 131 Å². The monoisotopic (exact) mass is 303 g/mol. The van der Waals surface area contributed by atoms with Gasteiger partial charge < -0.3 is 15.2 Å². The number of fused-ring (bicyclic) bond motifs is 1. The number of allylic oxidation sites excluding steroid dienone is 2. The van der Waals surface area contributed by atoms with Crippen LogP contribution < -0.4 is 16.2 Å². The quantitative estimate of drug-likeness (QED) is 0.843. The molecule has 0 radical (unpaired) electrons. The van der Waals surface area contributed by atoms with Crippen LogP contribution in [0, 0.1) is 0 Å². The first-order valence-corrected chi connectivity index (χ1v) is 7.69. The van der Waals surface area contributed by atoms with E-state index in [1.165, 1.54) is 0 Å². The number of carbonyl (C=O) groups excluding carboxylic acids is 1. The fourth-order valence-electron chi connectivity index (χ4n) is 2.66. The average molecular weight is 303 g/mol. The Morgan fingerprint density at radius 3 is 2.77 bits per heavy atom. The third kappa shape index (κ3) is 3.24. The zero-order chi connectivity index (χ0) is 16.5. The molecule has 1 aromatic heterocycles. The molecule has 0 aromatic carbocycles. The van der Waals surface area contributed by atoms with Crippen LogP contribution in [0.2, 0.25) is 0 Å². The second-order valence-corrected chi connectivity index (χ2v) is 6.84. The van der Waals surface area contributed by atoms with Crippen LogP contribution in [0.4, 0.5) is 5.69 Å². The minimum Gasteiger partial charge on any atom is -0.380 e. The largest absolute Gasteiger partial charge is 0.380 e. The van der Waals surface area contributed by atoms with Crippen molar-refractivity contribution >= 4 is 11.6 Å². The normalized spacial score (nSPS) is 17.4. The number of aromatic nitrogens is 1. The van der Waals surface area contributed by atoms with Crippen molar-refractivity contribution in [3.05, 3.63) is 39.8 Å². The zero-order valence-electron chi connectivity index (χ0n) is 14.0. The van der Waals surface area contributed by atoms with E-state index in [1.54, 1.807) is 10.8 Å². The lowest BCUT2D eigenvalue weighted by Gasteiger charge is -2.22. The number of nitrogens with zero attached hydrogens (tertiary/aromatic N) is 1. The molecule has 5 nitrogen and oxygen atoms in total. The summed E-state index contributed by atoms with van der Waals surface area (Å²) in [4.78, 5) is 25.1. The molecule has 1 unspecified atom stereocenters. The molecule has 2 heterocycles. The van der Waals surface area contributed by atoms with Crippen molar-refractivity contribution in [2.75, 3.05) is 11.9 Å². The van der Waals surface area contributed by atoms with Crippen molar-refractivity contribution in [3.63, 3.8) is 0 Å². The maximum Gasteiger partial charge on any atom is 0.274 e. The van der Waals surface area contributed by atoms with Gasteiger partial charge in [0.1, 0.15) is 5.69 Å². The fraction of sp³-hybridized carbons (Fsp3) is 0.529. The molecule has 0 bridgehead atoms. The Kier molecular flexibility index (Phi) is 4.44. The highest BCUT2D eigenvalue weighted by Gasteiger charge is 2.29. The van der Waals surface area contributed by atoms with Crippen molar-refractivity contribution in [2.24, 2.45) is 0 Å². The predicted octanol–water partition coefficient (Wildman–Crippen LogP) is 2.48. The Balaban J connectivity index is 2.55. The Morgan fingerprint density at radius 2 is 2.18 bits per heavy atom. The summed E-state index contributed by atoms with van der Waals surface area (Å²) in [6.45, 7) is 10.9. The van der Waals surface area contributed by atoms with E-state index in [2.05, 4.69) is 10.6 Å². The standard InChI is InChI=1S/C17H25N3O2/c1-6-7-8-20-10-12(15(21)19-17(3,4)5)13-11(2)9-18-14(13)16(20)22/h6-7,10-11,18H,8-9H2,1-5H3,(H,19,21)/b7-6+. The van der Waals surface area contributed by atoms with Crippen LogP contribution in [0.5, 0.6) is 0 Å². The van der Waals surface area contributed by atoms with Crippen LogP contribution in [0.3, 0.4) is 0 Å². The number of hydrogen-bond donors (Lipinski definition) is 2. The van der Waals surface area contributed by atoms with E-state index in [0.717, 1.165) is 5.56 Å². The fourth-order valence-corrected chi connectivity index (χ4v) is 2.66. The van der Waals surface area contributed by atoms with Gasteiger partial charge in [-0.15, -0.1) is 0 Å². The van der Waals surface area contributed by atoms with E-state index in [4.69, 9.17) is 0 Å². The first kappa shape index (κ1) is 16.3. The van der Waals surface area contributed by atoms with Crippen molar-refractivity contribution in [3.8, 4) is 0 Å². The summed E-state index contributed by atoms with van der Waals surface area (Å²) in [5.41, 5.74) is 1.61. The molecule has 120 valence electrons. The molecule has 0 saturated heterocycles. The molecule has 2 N–H and O–H groups in total. The molecule has 1 aliphatic heterocycles. The summed E-state index contributed by atoms with van der Waals surface area (Å²) < 4.78 is 1.58. The van der Waals surface area contributed by atoms with Gasteiger partial charge in [-0.3, -0.25) is 9.59 Å². The van der Waals surface area contributed by atoms with Crippen molar-refractivity contribution < 1.29 is 4.79 Å². The average Bonchev–Trinajstić information content (AvgIpc) is 2.79. The number of carbonyl (C=O) groups is 1. The molecule has 0 fully saturated rings. The molecule has 1 aromatic rings. The van der Waals surface area contributed by atoms with Gasteiger partial charge in [-0.1, -0.05) is 19.1 Å². The molecule has 0 spiro atoms. The second-order valence-electron chi connectivity index (χ2n) is 6.84. The van der Waals surface area contributed by atoms with Gasteiger partial charge in [0.25, 0.3) is 11.5 Å². The molecule has 5 heteroatoms. The van der Waals surface area contributed by atoms with E-state index >= 15 is 0 Å². The summed E-state index contributed by atoms with van der Waals surface area (Å²) in [5, 5.41) is 6.14. The lowest BCUT2D eigenvalue weighted by molar-refractivity contribution is 0.0917. The van der Waals surface area contributed by atoms with E-state index < -0.39 is 0 Å². The Morgan fingerprint density at radius 1 is 1.50 bits per heavy atom. The highest BCUT2D eigenvalue weighted by atomic mass is 16.2. The lowest BCUT2D eigenvalue weighted by Crippen LogP contribution is -2.41. The third-order valence-corrected chi connectivity index (χ3v) is 3.67. The maximum atomic E-state index is 12.6. The van der Waals surface area contributed by atoms with Gasteiger partial charge in [-0.2, -0.15) is 0 Å². The van der Waals surface area contributed by atoms with Crippen molar-refractivity contribution in [1.29, 1.82) is 0 Å². The van der Waals surface area contributed by atoms with Crippen LogP contribution in [0.25, 0.3) is 0 Å². The molecule has 0 aliphatic carbocycles. The van der Waals surface area contributed by atoms with Crippen LogP contribution >= 0.6 is 0 Å². The minimum atomic E-state index is -0.316. The lowest BCUT2D eigenvalue weighted by atomic mass is 9.97. The van der Waals surface area contributed by atoms with Crippen LogP contribution in [0.15, 0.2) is 23.1 Å². The number of anilines is 1. The van der Waals surface area contributed by atoms with Gasteiger partial charge in [-0.25, -0.2) is 0 Å². The van der Waals surface area contributed by atoms with Gasteiger partial charge in [0.15, 0.2) is 0 Å². The van der Waals surface area contributed by atoms with Crippen molar-refractivity contribution in [1.82, 2.24) is 9.88 Å². The first-order valence-electron chi connectivity index (χ1n) is 7.69. The minimum absolute atomic E-state index is 0.0650. The third-order valence-electron chi connectivity index (χ3n) is 3.67. The van der Waals surface area contributed by atoms with E-state index in [9.17, 15) is 9.59 Å². The van der Waals surface area contributed by atoms with Gasteiger partial charge in [-0.05, 0) is 33.3 Å². The summed E-state index contributed by atoms with van der Waals surface area (Å²) in [6.07, 6.45) is 5.48. The first-order chi connectivity index (χ1) is 10.2. The summed E-state index contributed by atoms with van der Waals surface area (Å²) in [6, 6.07) is 0. The van der Waals surface area contributed by atoms with E-state index in [0.29, 0.717) is 24.3 Å². The maximum absolute atomic E-state index is 12.6. The SMILES string of the molecule is C/C=C/Cn1cc(C(=O)NC(C)(C)C)c2c(c1=O)NCC2C. The highest BCUT2D eigenvalue weighted by molar-refractivity contribution is 5.97. The molecular formula is C17H25N3O2. The summed E-state index contributed by atoms with van der Waals surface area (Å²) in [7, 11) is 0. The van der Waals surface area contributed by atoms with Crippen LogP contribution in [0.1, 0.15) is 56.5 Å². The van der Waals surface area contributed by atoms with Crippen LogP contribution in [-0.4, -0.2) is 22.6 Å². The number of pyridine rings is 1. The molecule has 2 rings (SSSR count). The topological polar surface area (TPSA) is 63.1 Å². The Bertz CT molecular complexity index is 666. The Hall–Kier alpha value is -2.04. The summed E-state index contributed by atoms with van der Waals surface area (Å²) >= 11 is 0. The molecule has 1 amide bonds. The number of rotatable bonds is 3. The highest BCUT2D eigenvalue weighted by Crippen LogP contribution is 2.31. The van der Waals surface area contributed by atoms with Gasteiger partial charge in [0.05, 0.1) is 5.56 Å². The molecule has 22 heavy (non-hydrogen) atoms. The number of nitrogens with one attached hydrogen (secondary N) is 2. The van der Waals surface area contributed by atoms with E-state index in [1.807, 2.05) is 46.8 Å². The predicted molar refractivity (Wildman–Crippen MR) is 89.6 cm³/mol. The molecule has 0 saturated carbocycles. The zero-order valence-corrected chi connectivity index (χ0v) is 14.0. The number of hydrogen-bond acceptors (Lipinski definition) is 3. The second kappa shape index (κ2) is 5.99. The molecule has 1 aliphatic rings. The molecular weight excluding hydrogens is 278 g/mol. The van der Waals surface area contributed by atoms with Gasteiger partial charge in [0.2, 0.25) is 0 Å². The van der Waals surface area contributed by atoms with E-state index in [-0.39, 0.29) is 22.9 Å². The van der Waals surface area contributed by atoms with Crippen molar-refractivity contribution in [2.45, 2.75) is 52.6 Å². The number of amides is 1. The van der Waals surface area contributed by atoms with Gasteiger partial charge >= 0.3 is 0 Å². The summed E-state index contributed by atoms with van der Waals surface area (Å²) in [5.74, 6) is 0.0216. The smallest absolute Gasteiger partial charge is 0.274 e. The van der Waals surface area contributed by atoms with Crippen LogP contribution in [-0.2, 0) is 6.54 Å². The van der Waals surface area contributed by atoms with Gasteiger partial charge in [0, 0.05) is 30.7 Å².